The maximum absolute atomic E-state index is 4.81. The molecule has 1 aromatic heterocycles. The van der Waals surface area contributed by atoms with Gasteiger partial charge in [0, 0.05) is 16.8 Å². The highest BCUT2D eigenvalue weighted by atomic mass is 32.2. The first-order valence-corrected chi connectivity index (χ1v) is 8.05. The van der Waals surface area contributed by atoms with E-state index in [2.05, 4.69) is 66.2 Å². The fraction of sp³-hybridized carbons (Fsp3) is 0.167. The van der Waals surface area contributed by atoms with Gasteiger partial charge in [-0.15, -0.1) is 0 Å². The van der Waals surface area contributed by atoms with Crippen molar-refractivity contribution in [3.05, 3.63) is 66.4 Å². The molecule has 0 aliphatic rings. The number of benzene rings is 2. The predicted molar refractivity (Wildman–Crippen MR) is 95.1 cm³/mol. The van der Waals surface area contributed by atoms with E-state index in [1.165, 1.54) is 4.90 Å². The smallest absolute Gasteiger partial charge is 0.0945 e. The summed E-state index contributed by atoms with van der Waals surface area (Å²) in [6.07, 6.45) is 0. The highest BCUT2D eigenvalue weighted by Gasteiger charge is 2.05. The molecule has 0 fully saturated rings. The Morgan fingerprint density at radius 3 is 2.55 bits per heavy atom. The van der Waals surface area contributed by atoms with E-state index in [-0.39, 0.29) is 0 Å². The van der Waals surface area contributed by atoms with Crippen molar-refractivity contribution in [1.82, 2.24) is 9.88 Å². The highest BCUT2D eigenvalue weighted by Crippen LogP contribution is 2.27. The van der Waals surface area contributed by atoms with E-state index < -0.39 is 0 Å². The molecule has 1 heterocycles. The Morgan fingerprint density at radius 1 is 0.955 bits per heavy atom. The third-order valence-corrected chi connectivity index (χ3v) is 4.11. The summed E-state index contributed by atoms with van der Waals surface area (Å²) < 4.78 is 3.43. The second-order valence-corrected chi connectivity index (χ2v) is 6.31. The Labute approximate surface area is 135 Å². The molecule has 0 amide bonds. The average Bonchev–Trinajstić information content (AvgIpc) is 2.53. The van der Waals surface area contributed by atoms with Crippen LogP contribution in [0, 0.1) is 0 Å². The van der Waals surface area contributed by atoms with Crippen LogP contribution in [-0.4, -0.2) is 24.0 Å². The van der Waals surface area contributed by atoms with Gasteiger partial charge in [-0.25, -0.2) is 4.98 Å². The standard InChI is InChI=1S/C18H19N3S/c1-21(2)13-15-12-11-14-7-6-10-17(18(14)19-15)20-22-16-8-4-3-5-9-16/h3-12,20H,13H2,1-2H3. The van der Waals surface area contributed by atoms with E-state index in [1.807, 2.05) is 18.2 Å². The van der Waals surface area contributed by atoms with Gasteiger partial charge in [0.15, 0.2) is 0 Å². The van der Waals surface area contributed by atoms with Crippen LogP contribution < -0.4 is 4.72 Å². The third-order valence-electron chi connectivity index (χ3n) is 3.28. The summed E-state index contributed by atoms with van der Waals surface area (Å²) in [5, 5.41) is 1.15. The maximum Gasteiger partial charge on any atom is 0.0945 e. The number of nitrogens with one attached hydrogen (secondary N) is 1. The van der Waals surface area contributed by atoms with Gasteiger partial charge < -0.3 is 9.62 Å². The molecule has 0 radical (unpaired) electrons. The van der Waals surface area contributed by atoms with Crippen LogP contribution in [-0.2, 0) is 6.54 Å². The lowest BCUT2D eigenvalue weighted by molar-refractivity contribution is 0.397. The number of rotatable bonds is 5. The van der Waals surface area contributed by atoms with Crippen molar-refractivity contribution < 1.29 is 0 Å². The number of hydrogen-bond donors (Lipinski definition) is 1. The fourth-order valence-electron chi connectivity index (χ4n) is 2.28. The topological polar surface area (TPSA) is 28.2 Å². The zero-order valence-electron chi connectivity index (χ0n) is 12.8. The lowest BCUT2D eigenvalue weighted by atomic mass is 10.2. The van der Waals surface area contributed by atoms with Crippen LogP contribution in [0.2, 0.25) is 0 Å². The molecule has 0 bridgehead atoms. The maximum atomic E-state index is 4.81. The minimum atomic E-state index is 0.843. The normalized spacial score (nSPS) is 11.0. The Kier molecular flexibility index (Phi) is 4.61. The number of aromatic nitrogens is 1. The second kappa shape index (κ2) is 6.81. The van der Waals surface area contributed by atoms with Crippen LogP contribution in [0.5, 0.6) is 0 Å². The zero-order chi connectivity index (χ0) is 15.4. The van der Waals surface area contributed by atoms with Gasteiger partial charge >= 0.3 is 0 Å². The molecule has 112 valence electrons. The van der Waals surface area contributed by atoms with Gasteiger partial charge in [-0.2, -0.15) is 0 Å². The second-order valence-electron chi connectivity index (χ2n) is 5.43. The predicted octanol–water partition coefficient (Wildman–Crippen LogP) is 4.42. The lowest BCUT2D eigenvalue weighted by Crippen LogP contribution is -2.11. The van der Waals surface area contributed by atoms with E-state index in [1.54, 1.807) is 11.9 Å². The summed E-state index contributed by atoms with van der Waals surface area (Å²) >= 11 is 1.61. The lowest BCUT2D eigenvalue weighted by Gasteiger charge is -2.12. The molecule has 0 spiro atoms. The van der Waals surface area contributed by atoms with Crippen molar-refractivity contribution in [3.63, 3.8) is 0 Å². The molecular formula is C18H19N3S. The number of hydrogen-bond acceptors (Lipinski definition) is 4. The van der Waals surface area contributed by atoms with Gasteiger partial charge in [0.1, 0.15) is 0 Å². The molecule has 0 atom stereocenters. The van der Waals surface area contributed by atoms with Crippen LogP contribution >= 0.6 is 11.9 Å². The van der Waals surface area contributed by atoms with Gasteiger partial charge in [0.25, 0.3) is 0 Å². The van der Waals surface area contributed by atoms with Crippen LogP contribution in [0.1, 0.15) is 5.69 Å². The Balaban J connectivity index is 1.87. The van der Waals surface area contributed by atoms with E-state index in [9.17, 15) is 0 Å². The highest BCUT2D eigenvalue weighted by molar-refractivity contribution is 8.00. The molecule has 1 N–H and O–H groups in total. The van der Waals surface area contributed by atoms with Gasteiger partial charge in [-0.1, -0.05) is 36.4 Å². The van der Waals surface area contributed by atoms with Crippen molar-refractivity contribution in [3.8, 4) is 0 Å². The number of nitrogens with zero attached hydrogens (tertiary/aromatic N) is 2. The van der Waals surface area contributed by atoms with Crippen LogP contribution in [0.15, 0.2) is 65.6 Å². The van der Waals surface area contributed by atoms with Gasteiger partial charge in [-0.3, -0.25) is 0 Å². The van der Waals surface area contributed by atoms with Crippen molar-refractivity contribution in [2.24, 2.45) is 0 Å². The summed E-state index contributed by atoms with van der Waals surface area (Å²) in [7, 11) is 4.11. The number of anilines is 1. The van der Waals surface area contributed by atoms with Crippen molar-refractivity contribution in [2.75, 3.05) is 18.8 Å². The molecule has 0 unspecified atom stereocenters. The molecule has 0 saturated carbocycles. The van der Waals surface area contributed by atoms with Gasteiger partial charge in [0.2, 0.25) is 0 Å². The van der Waals surface area contributed by atoms with E-state index in [4.69, 9.17) is 4.98 Å². The minimum absolute atomic E-state index is 0.843. The first kappa shape index (κ1) is 14.9. The van der Waals surface area contributed by atoms with Crippen LogP contribution in [0.4, 0.5) is 5.69 Å². The molecule has 2 aromatic carbocycles. The summed E-state index contributed by atoms with van der Waals surface area (Å²) in [5.41, 5.74) is 3.15. The largest absolute Gasteiger partial charge is 0.324 e. The quantitative estimate of drug-likeness (QED) is 0.706. The Bertz CT molecular complexity index is 757. The van der Waals surface area contributed by atoms with E-state index in [0.29, 0.717) is 0 Å². The first-order valence-electron chi connectivity index (χ1n) is 7.24. The minimum Gasteiger partial charge on any atom is -0.324 e. The average molecular weight is 309 g/mol. The SMILES string of the molecule is CN(C)Cc1ccc2cccc(NSc3ccccc3)c2n1. The van der Waals surface area contributed by atoms with Crippen molar-refractivity contribution >= 4 is 28.5 Å². The van der Waals surface area contributed by atoms with Gasteiger partial charge in [-0.05, 0) is 50.3 Å². The molecule has 3 rings (SSSR count). The summed E-state index contributed by atoms with van der Waals surface area (Å²) in [6, 6.07) is 20.8. The molecule has 0 aliphatic heterocycles. The molecule has 4 heteroatoms. The fourth-order valence-corrected chi connectivity index (χ4v) is 2.97. The van der Waals surface area contributed by atoms with Crippen molar-refractivity contribution in [1.29, 1.82) is 0 Å². The molecule has 3 nitrogen and oxygen atoms in total. The van der Waals surface area contributed by atoms with Crippen molar-refractivity contribution in [2.45, 2.75) is 11.4 Å². The number of fused-ring (bicyclic) bond motifs is 1. The number of pyridine rings is 1. The monoisotopic (exact) mass is 309 g/mol. The Hall–Kier alpha value is -2.04. The summed E-state index contributed by atoms with van der Waals surface area (Å²) in [6.45, 7) is 0.843. The molecule has 0 saturated heterocycles. The molecule has 0 aliphatic carbocycles. The molecular weight excluding hydrogens is 290 g/mol. The van der Waals surface area contributed by atoms with Crippen LogP contribution in [0.25, 0.3) is 10.9 Å². The molecule has 3 aromatic rings. The Morgan fingerprint density at radius 2 is 1.77 bits per heavy atom. The first-order chi connectivity index (χ1) is 10.7. The van der Waals surface area contributed by atoms with E-state index >= 15 is 0 Å². The third kappa shape index (κ3) is 3.59. The zero-order valence-corrected chi connectivity index (χ0v) is 13.6. The number of para-hydroxylation sites is 1. The molecule has 22 heavy (non-hydrogen) atoms. The summed E-state index contributed by atoms with van der Waals surface area (Å²) in [5.74, 6) is 0. The summed E-state index contributed by atoms with van der Waals surface area (Å²) in [4.78, 5) is 8.12. The van der Waals surface area contributed by atoms with Gasteiger partial charge in [0.05, 0.1) is 16.9 Å². The van der Waals surface area contributed by atoms with Crippen LogP contribution in [0.3, 0.4) is 0 Å². The van der Waals surface area contributed by atoms with E-state index in [0.717, 1.165) is 28.8 Å².